The van der Waals surface area contributed by atoms with Crippen molar-refractivity contribution in [3.05, 3.63) is 59.9 Å². The molecule has 0 bridgehead atoms. The Bertz CT molecular complexity index is 629. The van der Waals surface area contributed by atoms with Gasteiger partial charge in [-0.15, -0.1) is 0 Å². The second-order valence-electron chi connectivity index (χ2n) is 6.29. The first kappa shape index (κ1) is 16.9. The van der Waals surface area contributed by atoms with Crippen molar-refractivity contribution in [2.45, 2.75) is 37.3 Å². The molecule has 24 heavy (non-hydrogen) atoms. The summed E-state index contributed by atoms with van der Waals surface area (Å²) < 4.78 is 6.10. The Morgan fingerprint density at radius 2 is 2.12 bits per heavy atom. The van der Waals surface area contributed by atoms with E-state index >= 15 is 0 Å². The Labute approximate surface area is 144 Å². The van der Waals surface area contributed by atoms with Crippen LogP contribution >= 0.6 is 0 Å². The van der Waals surface area contributed by atoms with Gasteiger partial charge in [-0.3, -0.25) is 5.32 Å². The molecule has 0 saturated carbocycles. The molecule has 0 fully saturated rings. The summed E-state index contributed by atoms with van der Waals surface area (Å²) >= 11 is 0. The van der Waals surface area contributed by atoms with Crippen LogP contribution in [0.5, 0.6) is 0 Å². The van der Waals surface area contributed by atoms with E-state index in [0.717, 1.165) is 24.0 Å². The number of ether oxygens (including phenoxy) is 1. The topological polar surface area (TPSA) is 62.9 Å². The molecule has 0 amide bonds. The van der Waals surface area contributed by atoms with Crippen LogP contribution in [0.4, 0.5) is 0 Å². The lowest BCUT2D eigenvalue weighted by Crippen LogP contribution is -2.48. The zero-order valence-electron chi connectivity index (χ0n) is 14.3. The minimum Gasteiger partial charge on any atom is -0.366 e. The van der Waals surface area contributed by atoms with Crippen molar-refractivity contribution >= 4 is 6.34 Å². The summed E-state index contributed by atoms with van der Waals surface area (Å²) in [5.74, 6) is 0. The van der Waals surface area contributed by atoms with E-state index in [9.17, 15) is 0 Å². The molecule has 0 aromatic heterocycles. The molecule has 1 aliphatic heterocycles. The van der Waals surface area contributed by atoms with Gasteiger partial charge in [0.25, 0.3) is 0 Å². The first-order valence-electron chi connectivity index (χ1n) is 8.44. The van der Waals surface area contributed by atoms with Crippen LogP contribution < -0.4 is 11.1 Å². The molecule has 3 aliphatic rings. The van der Waals surface area contributed by atoms with Gasteiger partial charge in [0.05, 0.1) is 24.6 Å². The molecule has 4 atom stereocenters. The third kappa shape index (κ3) is 3.75. The van der Waals surface area contributed by atoms with Crippen LogP contribution in [0, 0.1) is 0 Å². The average molecular weight is 326 g/mol. The highest BCUT2D eigenvalue weighted by Gasteiger charge is 2.26. The van der Waals surface area contributed by atoms with Crippen molar-refractivity contribution in [1.82, 2.24) is 10.2 Å². The lowest BCUT2D eigenvalue weighted by atomic mass is 9.92. The molecule has 3 N–H and O–H groups in total. The fourth-order valence-electron chi connectivity index (χ4n) is 3.24. The number of nitrogens with zero attached hydrogens (tertiary/aromatic N) is 2. The van der Waals surface area contributed by atoms with Gasteiger partial charge in [0, 0.05) is 18.8 Å². The summed E-state index contributed by atoms with van der Waals surface area (Å²) in [6, 6.07) is -0.169. The van der Waals surface area contributed by atoms with Crippen molar-refractivity contribution in [3.8, 4) is 0 Å². The largest absolute Gasteiger partial charge is 0.366 e. The Morgan fingerprint density at radius 1 is 1.29 bits per heavy atom. The fourth-order valence-corrected chi connectivity index (χ4v) is 3.24. The second-order valence-corrected chi connectivity index (χ2v) is 6.29. The van der Waals surface area contributed by atoms with Crippen molar-refractivity contribution < 1.29 is 4.74 Å². The molecule has 3 rings (SSSR count). The van der Waals surface area contributed by atoms with Crippen LogP contribution in [0.3, 0.4) is 0 Å². The van der Waals surface area contributed by atoms with Crippen molar-refractivity contribution in [2.75, 3.05) is 14.1 Å². The quantitative estimate of drug-likeness (QED) is 0.810. The zero-order valence-corrected chi connectivity index (χ0v) is 14.3. The minimum atomic E-state index is -0.169. The number of nitrogens with two attached hydrogens (primary N) is 1. The van der Waals surface area contributed by atoms with Crippen LogP contribution in [0.25, 0.3) is 0 Å². The van der Waals surface area contributed by atoms with Gasteiger partial charge in [0.2, 0.25) is 0 Å². The van der Waals surface area contributed by atoms with Gasteiger partial charge in [-0.25, -0.2) is 4.99 Å². The summed E-state index contributed by atoms with van der Waals surface area (Å²) in [7, 11) is 3.92. The van der Waals surface area contributed by atoms with E-state index in [0.29, 0.717) is 0 Å². The summed E-state index contributed by atoms with van der Waals surface area (Å²) in [4.78, 5) is 6.30. The van der Waals surface area contributed by atoms with Crippen molar-refractivity contribution in [1.29, 1.82) is 0 Å². The second kappa shape index (κ2) is 7.75. The molecular formula is C19H26N4O. The van der Waals surface area contributed by atoms with E-state index in [4.69, 9.17) is 10.5 Å². The Morgan fingerprint density at radius 3 is 2.79 bits per heavy atom. The molecule has 4 unspecified atom stereocenters. The Hall–Kier alpha value is -1.95. The molecule has 0 spiro atoms. The lowest BCUT2D eigenvalue weighted by molar-refractivity contribution is 0.0435. The van der Waals surface area contributed by atoms with Crippen LogP contribution in [0.15, 0.2) is 64.9 Å². The normalized spacial score (nSPS) is 30.3. The van der Waals surface area contributed by atoms with Crippen LogP contribution in [0.1, 0.15) is 12.8 Å². The molecular weight excluding hydrogens is 300 g/mol. The summed E-state index contributed by atoms with van der Waals surface area (Å²) in [5.41, 5.74) is 8.68. The number of hydrogen-bond acceptors (Lipinski definition) is 5. The molecule has 5 nitrogen and oxygen atoms in total. The minimum absolute atomic E-state index is 0.0694. The van der Waals surface area contributed by atoms with E-state index in [1.807, 2.05) is 31.3 Å². The average Bonchev–Trinajstić information content (AvgIpc) is 2.62. The maximum absolute atomic E-state index is 6.49. The van der Waals surface area contributed by atoms with Crippen LogP contribution in [-0.4, -0.2) is 49.7 Å². The van der Waals surface area contributed by atoms with E-state index in [-0.39, 0.29) is 24.4 Å². The number of rotatable bonds is 5. The third-order valence-corrected chi connectivity index (χ3v) is 4.57. The summed E-state index contributed by atoms with van der Waals surface area (Å²) in [5, 5.41) is 3.28. The number of likely N-dealkylation sites (N-methyl/N-ethyl adjacent to an activating group) is 2. The molecule has 2 aliphatic carbocycles. The molecule has 5 heteroatoms. The summed E-state index contributed by atoms with van der Waals surface area (Å²) in [6.45, 7) is 0. The van der Waals surface area contributed by atoms with Gasteiger partial charge in [-0.1, -0.05) is 42.5 Å². The Balaban J connectivity index is 1.61. The highest BCUT2D eigenvalue weighted by atomic mass is 16.5. The smallest absolute Gasteiger partial charge is 0.106 e. The molecule has 0 aromatic carbocycles. The van der Waals surface area contributed by atoms with E-state index in [2.05, 4.69) is 46.8 Å². The van der Waals surface area contributed by atoms with Gasteiger partial charge in [0.1, 0.15) is 6.17 Å². The molecule has 0 radical (unpaired) electrons. The monoisotopic (exact) mass is 326 g/mol. The maximum atomic E-state index is 6.49. The lowest BCUT2D eigenvalue weighted by Gasteiger charge is -2.34. The molecule has 0 saturated heterocycles. The van der Waals surface area contributed by atoms with Gasteiger partial charge in [0.15, 0.2) is 0 Å². The molecule has 0 aromatic rings. The maximum Gasteiger partial charge on any atom is 0.106 e. The molecule has 128 valence electrons. The van der Waals surface area contributed by atoms with Crippen molar-refractivity contribution in [3.63, 3.8) is 0 Å². The fraction of sp³-hybridized carbons (Fsp3) is 0.421. The van der Waals surface area contributed by atoms with E-state index in [1.54, 1.807) is 6.34 Å². The third-order valence-electron chi connectivity index (χ3n) is 4.57. The summed E-state index contributed by atoms with van der Waals surface area (Å²) in [6.07, 6.45) is 20.6. The highest BCUT2D eigenvalue weighted by Crippen LogP contribution is 2.24. The standard InChI is InChI=1S/C19H26N4O/c1-21-19-17(12-22-13-23(19)2)18(20)14-8-10-16(11-9-14)24-15-6-4-3-5-7-15/h3-6,8-10,12-13,15-16,18-19,21H,7,11,20H2,1-2H3. The number of nitrogens with one attached hydrogen (secondary N) is 1. The number of allylic oxidation sites excluding steroid dienone is 2. The van der Waals surface area contributed by atoms with Gasteiger partial charge >= 0.3 is 0 Å². The van der Waals surface area contributed by atoms with E-state index < -0.39 is 0 Å². The SMILES string of the molecule is CNC1C(C(N)C2=CCC(OC3C=CC=CC3)C=C2)=CN=CN1C. The predicted molar refractivity (Wildman–Crippen MR) is 98.6 cm³/mol. The number of aliphatic imine (C=N–C) groups is 1. The van der Waals surface area contributed by atoms with Gasteiger partial charge in [-0.05, 0) is 25.5 Å². The first-order valence-corrected chi connectivity index (χ1v) is 8.44. The highest BCUT2D eigenvalue weighted by molar-refractivity contribution is 5.60. The zero-order chi connectivity index (χ0) is 16.9. The van der Waals surface area contributed by atoms with Crippen LogP contribution in [-0.2, 0) is 4.74 Å². The predicted octanol–water partition coefficient (Wildman–Crippen LogP) is 1.87. The Kier molecular flexibility index (Phi) is 5.45. The number of hydrogen-bond donors (Lipinski definition) is 2. The molecule has 1 heterocycles. The first-order chi connectivity index (χ1) is 11.7. The van der Waals surface area contributed by atoms with Gasteiger partial charge < -0.3 is 15.4 Å². The van der Waals surface area contributed by atoms with Gasteiger partial charge in [-0.2, -0.15) is 0 Å². The van der Waals surface area contributed by atoms with E-state index in [1.165, 1.54) is 0 Å². The van der Waals surface area contributed by atoms with Crippen LogP contribution in [0.2, 0.25) is 0 Å². The van der Waals surface area contributed by atoms with Crippen molar-refractivity contribution in [2.24, 2.45) is 10.7 Å².